The molecule has 2 amide bonds. The summed E-state index contributed by atoms with van der Waals surface area (Å²) >= 11 is 1.42. The molecule has 1 aliphatic rings. The summed E-state index contributed by atoms with van der Waals surface area (Å²) in [6, 6.07) is 1.13. The number of rotatable bonds is 5. The number of carbonyl (C=O) groups excluding carboxylic acids is 2. The van der Waals surface area contributed by atoms with Crippen LogP contribution in [-0.4, -0.2) is 54.1 Å². The van der Waals surface area contributed by atoms with Gasteiger partial charge in [0.25, 0.3) is 0 Å². The molecule has 0 saturated carbocycles. The first kappa shape index (κ1) is 20.2. The SMILES string of the molecule is CO[C@@H]1C[C@@H](C(=O)NCc2cc(C(=N)N)cs2)N(C(=O)OC(C)(C)C)C1. The van der Waals surface area contributed by atoms with Gasteiger partial charge in [0.05, 0.1) is 19.2 Å². The highest BCUT2D eigenvalue weighted by atomic mass is 32.1. The van der Waals surface area contributed by atoms with Crippen molar-refractivity contribution in [2.75, 3.05) is 13.7 Å². The zero-order valence-electron chi connectivity index (χ0n) is 15.5. The Morgan fingerprint density at radius 2 is 2.15 bits per heavy atom. The summed E-state index contributed by atoms with van der Waals surface area (Å²) in [6.07, 6.45) is -0.304. The summed E-state index contributed by atoms with van der Waals surface area (Å²) < 4.78 is 10.7. The minimum atomic E-state index is -0.637. The lowest BCUT2D eigenvalue weighted by Gasteiger charge is -2.27. The van der Waals surface area contributed by atoms with Crippen LogP contribution in [0.5, 0.6) is 0 Å². The van der Waals surface area contributed by atoms with Gasteiger partial charge in [-0.2, -0.15) is 0 Å². The number of methoxy groups -OCH3 is 1. The quantitative estimate of drug-likeness (QED) is 0.529. The molecule has 0 unspecified atom stereocenters. The zero-order valence-corrected chi connectivity index (χ0v) is 16.3. The van der Waals surface area contributed by atoms with Gasteiger partial charge in [0.15, 0.2) is 0 Å². The Morgan fingerprint density at radius 3 is 2.69 bits per heavy atom. The topological polar surface area (TPSA) is 118 Å². The Labute approximate surface area is 157 Å². The second-order valence-corrected chi connectivity index (χ2v) is 8.17. The third-order valence-electron chi connectivity index (χ3n) is 3.93. The molecular weight excluding hydrogens is 356 g/mol. The normalized spacial score (nSPS) is 20.1. The molecule has 2 atom stereocenters. The largest absolute Gasteiger partial charge is 0.444 e. The molecule has 1 aromatic heterocycles. The average molecular weight is 382 g/mol. The summed E-state index contributed by atoms with van der Waals surface area (Å²) in [4.78, 5) is 27.3. The smallest absolute Gasteiger partial charge is 0.411 e. The number of ether oxygens (including phenoxy) is 2. The number of amides is 2. The first-order chi connectivity index (χ1) is 12.1. The summed E-state index contributed by atoms with van der Waals surface area (Å²) in [6.45, 7) is 5.98. The van der Waals surface area contributed by atoms with Gasteiger partial charge in [-0.15, -0.1) is 11.3 Å². The van der Waals surface area contributed by atoms with E-state index in [1.165, 1.54) is 16.2 Å². The molecule has 26 heavy (non-hydrogen) atoms. The number of hydrogen-bond acceptors (Lipinski definition) is 6. The molecule has 8 nitrogen and oxygen atoms in total. The number of carbonyl (C=O) groups is 2. The lowest BCUT2D eigenvalue weighted by Crippen LogP contribution is -2.47. The van der Waals surface area contributed by atoms with E-state index in [1.807, 2.05) is 0 Å². The van der Waals surface area contributed by atoms with Crippen molar-refractivity contribution in [1.29, 1.82) is 5.41 Å². The van der Waals surface area contributed by atoms with Crippen LogP contribution in [0.2, 0.25) is 0 Å². The van der Waals surface area contributed by atoms with Crippen LogP contribution in [0.3, 0.4) is 0 Å². The Kier molecular flexibility index (Phi) is 6.25. The molecular formula is C17H26N4O4S. The van der Waals surface area contributed by atoms with Crippen molar-refractivity contribution in [3.8, 4) is 0 Å². The zero-order chi connectivity index (χ0) is 19.5. The van der Waals surface area contributed by atoms with E-state index in [-0.39, 0.29) is 17.8 Å². The van der Waals surface area contributed by atoms with Crippen molar-refractivity contribution in [3.63, 3.8) is 0 Å². The molecule has 0 bridgehead atoms. The van der Waals surface area contributed by atoms with E-state index in [9.17, 15) is 9.59 Å². The third kappa shape index (κ3) is 5.18. The minimum Gasteiger partial charge on any atom is -0.444 e. The summed E-state index contributed by atoms with van der Waals surface area (Å²) in [5.41, 5.74) is 5.44. The van der Waals surface area contributed by atoms with E-state index >= 15 is 0 Å². The molecule has 0 spiro atoms. The molecule has 1 saturated heterocycles. The second-order valence-electron chi connectivity index (χ2n) is 7.18. The monoisotopic (exact) mass is 382 g/mol. The molecule has 144 valence electrons. The van der Waals surface area contributed by atoms with E-state index in [0.29, 0.717) is 25.1 Å². The molecule has 1 fully saturated rings. The van der Waals surface area contributed by atoms with Gasteiger partial charge < -0.3 is 20.5 Å². The van der Waals surface area contributed by atoms with E-state index in [4.69, 9.17) is 20.6 Å². The van der Waals surface area contributed by atoms with Crippen molar-refractivity contribution >= 4 is 29.2 Å². The van der Waals surface area contributed by atoms with Gasteiger partial charge in [-0.1, -0.05) is 0 Å². The fourth-order valence-corrected chi connectivity index (χ4v) is 3.47. The highest BCUT2D eigenvalue weighted by Gasteiger charge is 2.41. The maximum Gasteiger partial charge on any atom is 0.411 e. The number of nitrogens with two attached hydrogens (primary N) is 1. The summed E-state index contributed by atoms with van der Waals surface area (Å²) in [5, 5.41) is 12.0. The van der Waals surface area contributed by atoms with Gasteiger partial charge in [0.1, 0.15) is 17.5 Å². The molecule has 0 aromatic carbocycles. The minimum absolute atomic E-state index is 0.00587. The number of nitrogens with zero attached hydrogens (tertiary/aromatic N) is 1. The summed E-state index contributed by atoms with van der Waals surface area (Å²) in [5.74, 6) is -0.262. The van der Waals surface area contributed by atoms with E-state index < -0.39 is 17.7 Å². The first-order valence-corrected chi connectivity index (χ1v) is 9.20. The Bertz CT molecular complexity index is 683. The van der Waals surface area contributed by atoms with E-state index in [1.54, 1.807) is 39.3 Å². The lowest BCUT2D eigenvalue weighted by atomic mass is 10.2. The van der Waals surface area contributed by atoms with Crippen LogP contribution in [0, 0.1) is 5.41 Å². The van der Waals surface area contributed by atoms with Crippen molar-refractivity contribution in [1.82, 2.24) is 10.2 Å². The number of nitrogen functional groups attached to an aromatic ring is 1. The van der Waals surface area contributed by atoms with Crippen LogP contribution < -0.4 is 11.1 Å². The predicted molar refractivity (Wildman–Crippen MR) is 99.3 cm³/mol. The van der Waals surface area contributed by atoms with Gasteiger partial charge in [0.2, 0.25) is 5.91 Å². The van der Waals surface area contributed by atoms with Crippen molar-refractivity contribution in [2.24, 2.45) is 5.73 Å². The average Bonchev–Trinajstić information content (AvgIpc) is 3.17. The molecule has 2 rings (SSSR count). The predicted octanol–water partition coefficient (Wildman–Crippen LogP) is 1.67. The molecule has 4 N–H and O–H groups in total. The maximum absolute atomic E-state index is 12.6. The van der Waals surface area contributed by atoms with Gasteiger partial charge in [-0.25, -0.2) is 4.79 Å². The highest BCUT2D eigenvalue weighted by molar-refractivity contribution is 7.10. The molecule has 0 radical (unpaired) electrons. The Hall–Kier alpha value is -2.13. The summed E-state index contributed by atoms with van der Waals surface area (Å²) in [7, 11) is 1.56. The van der Waals surface area contributed by atoms with Gasteiger partial charge >= 0.3 is 6.09 Å². The van der Waals surface area contributed by atoms with Crippen LogP contribution in [0.15, 0.2) is 11.4 Å². The number of thiophene rings is 1. The van der Waals surface area contributed by atoms with Crippen molar-refractivity contribution in [3.05, 3.63) is 21.9 Å². The van der Waals surface area contributed by atoms with Crippen LogP contribution in [-0.2, 0) is 20.8 Å². The Morgan fingerprint density at radius 1 is 1.46 bits per heavy atom. The molecule has 0 aliphatic carbocycles. The molecule has 1 aromatic rings. The standard InChI is InChI=1S/C17H26N4O4S/c1-17(2,3)25-16(23)21-8-11(24-4)6-13(21)15(22)20-7-12-5-10(9-26-12)14(18)19/h5,9,11,13H,6-8H2,1-4H3,(H3,18,19)(H,20,22)/t11-,13+/m1/s1. The molecule has 2 heterocycles. The number of likely N-dealkylation sites (tertiary alicyclic amines) is 1. The Balaban J connectivity index is 2.01. The van der Waals surface area contributed by atoms with Crippen LogP contribution in [0.4, 0.5) is 4.79 Å². The van der Waals surface area contributed by atoms with Crippen LogP contribution in [0.1, 0.15) is 37.6 Å². The van der Waals surface area contributed by atoms with Gasteiger partial charge in [0, 0.05) is 29.4 Å². The fraction of sp³-hybridized carbons (Fsp3) is 0.588. The number of nitrogens with one attached hydrogen (secondary N) is 2. The van der Waals surface area contributed by atoms with Gasteiger partial charge in [-0.3, -0.25) is 15.1 Å². The number of amidine groups is 1. The van der Waals surface area contributed by atoms with E-state index in [2.05, 4.69) is 5.32 Å². The van der Waals surface area contributed by atoms with E-state index in [0.717, 1.165) is 4.88 Å². The number of hydrogen-bond donors (Lipinski definition) is 3. The molecule has 9 heteroatoms. The lowest BCUT2D eigenvalue weighted by molar-refractivity contribution is -0.125. The fourth-order valence-electron chi connectivity index (χ4n) is 2.65. The molecule has 1 aliphatic heterocycles. The third-order valence-corrected chi connectivity index (χ3v) is 4.87. The van der Waals surface area contributed by atoms with Crippen LogP contribution >= 0.6 is 11.3 Å². The maximum atomic E-state index is 12.6. The van der Waals surface area contributed by atoms with Crippen molar-refractivity contribution < 1.29 is 19.1 Å². The van der Waals surface area contributed by atoms with Crippen LogP contribution in [0.25, 0.3) is 0 Å². The highest BCUT2D eigenvalue weighted by Crippen LogP contribution is 2.23. The first-order valence-electron chi connectivity index (χ1n) is 8.32. The second kappa shape index (κ2) is 8.05. The van der Waals surface area contributed by atoms with Gasteiger partial charge in [-0.05, 0) is 26.8 Å². The van der Waals surface area contributed by atoms with Crippen molar-refractivity contribution in [2.45, 2.75) is 51.5 Å².